The van der Waals surface area contributed by atoms with Crippen LogP contribution in [0.1, 0.15) is 43.9 Å². The number of nitrogens with two attached hydrogens (primary N) is 1. The van der Waals surface area contributed by atoms with Gasteiger partial charge >= 0.3 is 0 Å². The smallest absolute Gasteiger partial charge is 0.262 e. The summed E-state index contributed by atoms with van der Waals surface area (Å²) in [5.74, 6) is 0. The fourth-order valence-corrected chi connectivity index (χ4v) is 4.48. The largest absolute Gasteiger partial charge is 0.326 e. The zero-order chi connectivity index (χ0) is 14.0. The minimum Gasteiger partial charge on any atom is -0.326 e. The van der Waals surface area contributed by atoms with Crippen molar-refractivity contribution in [2.45, 2.75) is 57.1 Å². The van der Waals surface area contributed by atoms with Crippen LogP contribution in [0.5, 0.6) is 0 Å². The standard InChI is InChI=1S/C12H22N4O2S/c1-9-6-4-3-5-7-16(9)19(17,18)12-11(8-13)10(2)14-15-12/h9H,3-8,13H2,1-2H3,(H,14,15). The zero-order valence-electron chi connectivity index (χ0n) is 11.5. The summed E-state index contributed by atoms with van der Waals surface area (Å²) >= 11 is 0. The third-order valence-electron chi connectivity index (χ3n) is 3.79. The first-order chi connectivity index (χ1) is 8.98. The van der Waals surface area contributed by atoms with E-state index in [0.717, 1.165) is 31.4 Å². The maximum atomic E-state index is 12.7. The van der Waals surface area contributed by atoms with E-state index in [2.05, 4.69) is 10.2 Å². The molecule has 1 aliphatic rings. The number of aryl methyl sites for hydroxylation is 1. The molecule has 3 N–H and O–H groups in total. The van der Waals surface area contributed by atoms with Crippen molar-refractivity contribution in [2.75, 3.05) is 6.54 Å². The summed E-state index contributed by atoms with van der Waals surface area (Å²) in [7, 11) is -3.55. The Bertz CT molecular complexity index is 538. The lowest BCUT2D eigenvalue weighted by molar-refractivity contribution is 0.340. The Kier molecular flexibility index (Phi) is 4.27. The van der Waals surface area contributed by atoms with Gasteiger partial charge in [0.05, 0.1) is 0 Å². The molecule has 2 heterocycles. The van der Waals surface area contributed by atoms with E-state index in [9.17, 15) is 8.42 Å². The highest BCUT2D eigenvalue weighted by Gasteiger charge is 2.33. The van der Waals surface area contributed by atoms with Gasteiger partial charge in [-0.1, -0.05) is 12.8 Å². The fourth-order valence-electron chi connectivity index (χ4n) is 2.60. The normalized spacial score (nSPS) is 22.4. The predicted molar refractivity (Wildman–Crippen MR) is 73.0 cm³/mol. The van der Waals surface area contributed by atoms with Crippen molar-refractivity contribution in [3.8, 4) is 0 Å². The van der Waals surface area contributed by atoms with Crippen LogP contribution in [0.25, 0.3) is 0 Å². The van der Waals surface area contributed by atoms with Crippen LogP contribution in [0, 0.1) is 6.92 Å². The molecular weight excluding hydrogens is 264 g/mol. The summed E-state index contributed by atoms with van der Waals surface area (Å²) in [4.78, 5) is 0. The van der Waals surface area contributed by atoms with E-state index in [1.54, 1.807) is 11.2 Å². The van der Waals surface area contributed by atoms with Gasteiger partial charge in [0.25, 0.3) is 10.0 Å². The molecule has 0 aromatic carbocycles. The molecule has 108 valence electrons. The molecule has 1 atom stereocenters. The highest BCUT2D eigenvalue weighted by Crippen LogP contribution is 2.26. The lowest BCUT2D eigenvalue weighted by atomic mass is 10.1. The monoisotopic (exact) mass is 286 g/mol. The van der Waals surface area contributed by atoms with Crippen LogP contribution in [0.2, 0.25) is 0 Å². The van der Waals surface area contributed by atoms with Crippen LogP contribution in [0.15, 0.2) is 5.03 Å². The number of aromatic nitrogens is 2. The van der Waals surface area contributed by atoms with Gasteiger partial charge in [0.1, 0.15) is 0 Å². The van der Waals surface area contributed by atoms with Gasteiger partial charge in [-0.05, 0) is 26.7 Å². The molecule has 1 fully saturated rings. The lowest BCUT2D eigenvalue weighted by Crippen LogP contribution is -2.38. The third kappa shape index (κ3) is 2.68. The van der Waals surface area contributed by atoms with Gasteiger partial charge in [0.15, 0.2) is 5.03 Å². The van der Waals surface area contributed by atoms with Crippen LogP contribution < -0.4 is 5.73 Å². The van der Waals surface area contributed by atoms with Gasteiger partial charge in [-0.15, -0.1) is 0 Å². The number of hydrogen-bond donors (Lipinski definition) is 2. The van der Waals surface area contributed by atoms with Gasteiger partial charge in [-0.25, -0.2) is 8.42 Å². The Labute approximate surface area is 114 Å². The summed E-state index contributed by atoms with van der Waals surface area (Å²) in [5.41, 5.74) is 6.96. The van der Waals surface area contributed by atoms with Crippen molar-refractivity contribution in [1.29, 1.82) is 0 Å². The number of nitrogens with one attached hydrogen (secondary N) is 1. The molecule has 0 aliphatic carbocycles. The minimum atomic E-state index is -3.55. The summed E-state index contributed by atoms with van der Waals surface area (Å²) in [6.07, 6.45) is 3.97. The molecule has 2 rings (SSSR count). The van der Waals surface area contributed by atoms with Gasteiger partial charge in [-0.3, -0.25) is 5.10 Å². The molecule has 0 spiro atoms. The average Bonchev–Trinajstić information content (AvgIpc) is 2.60. The van der Waals surface area contributed by atoms with Gasteiger partial charge in [-0.2, -0.15) is 9.40 Å². The zero-order valence-corrected chi connectivity index (χ0v) is 12.3. The molecule has 0 bridgehead atoms. The molecule has 1 unspecified atom stereocenters. The lowest BCUT2D eigenvalue weighted by Gasteiger charge is -2.25. The molecule has 1 aliphatic heterocycles. The van der Waals surface area contributed by atoms with E-state index in [4.69, 9.17) is 5.73 Å². The molecule has 1 aromatic rings. The minimum absolute atomic E-state index is 0.0233. The van der Waals surface area contributed by atoms with Crippen LogP contribution in [0.4, 0.5) is 0 Å². The SMILES string of the molecule is Cc1[nH]nc(S(=O)(=O)N2CCCCCC2C)c1CN. The van der Waals surface area contributed by atoms with Crippen molar-refractivity contribution in [2.24, 2.45) is 5.73 Å². The van der Waals surface area contributed by atoms with Crippen molar-refractivity contribution in [3.05, 3.63) is 11.3 Å². The molecule has 19 heavy (non-hydrogen) atoms. The molecule has 0 radical (unpaired) electrons. The van der Waals surface area contributed by atoms with Crippen molar-refractivity contribution in [3.63, 3.8) is 0 Å². The van der Waals surface area contributed by atoms with Crippen molar-refractivity contribution in [1.82, 2.24) is 14.5 Å². The van der Waals surface area contributed by atoms with E-state index >= 15 is 0 Å². The van der Waals surface area contributed by atoms with E-state index in [1.807, 2.05) is 6.92 Å². The highest BCUT2D eigenvalue weighted by molar-refractivity contribution is 7.89. The summed E-state index contributed by atoms with van der Waals surface area (Å²) < 4.78 is 27.0. The van der Waals surface area contributed by atoms with Crippen LogP contribution in [0.3, 0.4) is 0 Å². The van der Waals surface area contributed by atoms with E-state index in [0.29, 0.717) is 12.1 Å². The number of nitrogens with zero attached hydrogens (tertiary/aromatic N) is 2. The second kappa shape index (κ2) is 5.60. The van der Waals surface area contributed by atoms with E-state index < -0.39 is 10.0 Å². The van der Waals surface area contributed by atoms with E-state index in [1.165, 1.54) is 0 Å². The molecule has 0 saturated carbocycles. The Balaban J connectivity index is 2.40. The van der Waals surface area contributed by atoms with Crippen molar-refractivity contribution < 1.29 is 8.42 Å². The first kappa shape index (κ1) is 14.5. The molecular formula is C12H22N4O2S. The Morgan fingerprint density at radius 1 is 1.42 bits per heavy atom. The number of sulfonamides is 1. The first-order valence-electron chi connectivity index (χ1n) is 6.74. The maximum Gasteiger partial charge on any atom is 0.262 e. The summed E-state index contributed by atoms with van der Waals surface area (Å²) in [6.45, 7) is 4.50. The number of H-pyrrole nitrogens is 1. The molecule has 1 saturated heterocycles. The Morgan fingerprint density at radius 2 is 2.16 bits per heavy atom. The molecule has 0 amide bonds. The van der Waals surface area contributed by atoms with Gasteiger partial charge in [0, 0.05) is 30.4 Å². The second-order valence-corrected chi connectivity index (χ2v) is 6.96. The summed E-state index contributed by atoms with van der Waals surface area (Å²) in [6, 6.07) is 0.0233. The van der Waals surface area contributed by atoms with Crippen molar-refractivity contribution >= 4 is 10.0 Å². The average molecular weight is 286 g/mol. The molecule has 7 heteroatoms. The first-order valence-corrected chi connectivity index (χ1v) is 8.18. The molecule has 6 nitrogen and oxygen atoms in total. The number of hydrogen-bond acceptors (Lipinski definition) is 4. The third-order valence-corrected chi connectivity index (χ3v) is 5.77. The Hall–Kier alpha value is -0.920. The maximum absolute atomic E-state index is 12.7. The van der Waals surface area contributed by atoms with Crippen LogP contribution >= 0.6 is 0 Å². The van der Waals surface area contributed by atoms with Gasteiger partial charge in [0.2, 0.25) is 0 Å². The van der Waals surface area contributed by atoms with Crippen LogP contribution in [-0.2, 0) is 16.6 Å². The van der Waals surface area contributed by atoms with Crippen LogP contribution in [-0.4, -0.2) is 35.5 Å². The number of aromatic amines is 1. The predicted octanol–water partition coefficient (Wildman–Crippen LogP) is 1.13. The topological polar surface area (TPSA) is 92.1 Å². The quantitative estimate of drug-likeness (QED) is 0.871. The number of rotatable bonds is 3. The second-order valence-electron chi connectivity index (χ2n) is 5.15. The summed E-state index contributed by atoms with van der Waals surface area (Å²) in [5, 5.41) is 6.79. The highest BCUT2D eigenvalue weighted by atomic mass is 32.2. The van der Waals surface area contributed by atoms with E-state index in [-0.39, 0.29) is 17.6 Å². The Morgan fingerprint density at radius 3 is 2.84 bits per heavy atom. The fraction of sp³-hybridized carbons (Fsp3) is 0.750. The molecule has 1 aromatic heterocycles. The van der Waals surface area contributed by atoms with Gasteiger partial charge < -0.3 is 5.73 Å².